The highest BCUT2D eigenvalue weighted by molar-refractivity contribution is 6.38. The van der Waals surface area contributed by atoms with Crippen LogP contribution in [0.5, 0.6) is 0 Å². The average molecular weight is 332 g/mol. The van der Waals surface area contributed by atoms with Gasteiger partial charge in [-0.05, 0) is 12.1 Å². The lowest BCUT2D eigenvalue weighted by molar-refractivity contribution is 0.155. The summed E-state index contributed by atoms with van der Waals surface area (Å²) >= 11 is 11.9. The first-order chi connectivity index (χ1) is 10.1. The second-order valence-corrected chi connectivity index (χ2v) is 5.42. The van der Waals surface area contributed by atoms with Gasteiger partial charge >= 0.3 is 0 Å². The van der Waals surface area contributed by atoms with Crippen molar-refractivity contribution in [1.29, 1.82) is 0 Å². The molecule has 21 heavy (non-hydrogen) atoms. The van der Waals surface area contributed by atoms with Crippen molar-refractivity contribution in [2.75, 3.05) is 26.3 Å². The minimum atomic E-state index is -0.221. The van der Waals surface area contributed by atoms with Gasteiger partial charge < -0.3 is 14.6 Å². The first kappa shape index (κ1) is 16.3. The highest BCUT2D eigenvalue weighted by Crippen LogP contribution is 2.26. The summed E-state index contributed by atoms with van der Waals surface area (Å²) in [7, 11) is 0. The molecule has 0 unspecified atom stereocenters. The Morgan fingerprint density at radius 2 is 1.81 bits per heavy atom. The quantitative estimate of drug-likeness (QED) is 0.845. The Kier molecular flexibility index (Phi) is 5.61. The summed E-state index contributed by atoms with van der Waals surface area (Å²) in [6.07, 6.45) is 1.35. The van der Waals surface area contributed by atoms with Crippen LogP contribution in [0, 0.1) is 0 Å². The van der Waals surface area contributed by atoms with Crippen LogP contribution in [-0.2, 0) is 6.54 Å². The Morgan fingerprint density at radius 1 is 1.14 bits per heavy atom. The van der Waals surface area contributed by atoms with Crippen molar-refractivity contribution in [2.24, 2.45) is 0 Å². The van der Waals surface area contributed by atoms with Gasteiger partial charge in [-0.1, -0.05) is 23.2 Å². The zero-order chi connectivity index (χ0) is 15.4. The number of halogens is 2. The molecule has 1 aromatic carbocycles. The Bertz CT molecular complexity index is 680. The van der Waals surface area contributed by atoms with Crippen LogP contribution in [-0.4, -0.2) is 41.4 Å². The molecular formula is C14H15Cl2NO4. The van der Waals surface area contributed by atoms with E-state index >= 15 is 0 Å². The zero-order valence-electron chi connectivity index (χ0n) is 11.2. The number of aliphatic hydroxyl groups is 2. The van der Waals surface area contributed by atoms with Gasteiger partial charge in [0.2, 0.25) is 0 Å². The normalized spacial score (nSPS) is 11.5. The van der Waals surface area contributed by atoms with Crippen molar-refractivity contribution < 1.29 is 14.6 Å². The van der Waals surface area contributed by atoms with Gasteiger partial charge in [0.1, 0.15) is 0 Å². The van der Waals surface area contributed by atoms with E-state index in [4.69, 9.17) is 37.8 Å². The van der Waals surface area contributed by atoms with Crippen molar-refractivity contribution in [1.82, 2.24) is 4.90 Å². The number of nitrogens with zero attached hydrogens (tertiary/aromatic N) is 1. The summed E-state index contributed by atoms with van der Waals surface area (Å²) < 4.78 is 5.42. The van der Waals surface area contributed by atoms with Gasteiger partial charge in [-0.15, -0.1) is 0 Å². The molecule has 1 heterocycles. The lowest BCUT2D eigenvalue weighted by Crippen LogP contribution is -2.31. The second-order valence-electron chi connectivity index (χ2n) is 4.58. The molecule has 114 valence electrons. The number of benzene rings is 1. The summed E-state index contributed by atoms with van der Waals surface area (Å²) in [4.78, 5) is 14.2. The van der Waals surface area contributed by atoms with Gasteiger partial charge in [0.25, 0.3) is 0 Å². The first-order valence-electron chi connectivity index (χ1n) is 6.40. The van der Waals surface area contributed by atoms with E-state index in [-0.39, 0.29) is 30.2 Å². The lowest BCUT2D eigenvalue weighted by Gasteiger charge is -2.19. The predicted octanol–water partition coefficient (Wildman–Crippen LogP) is 1.89. The molecular weight excluding hydrogens is 317 g/mol. The summed E-state index contributed by atoms with van der Waals surface area (Å²) in [6.45, 7) is 0.860. The Balaban J connectivity index is 2.41. The van der Waals surface area contributed by atoms with E-state index in [1.807, 2.05) is 0 Å². The maximum absolute atomic E-state index is 12.4. The molecule has 0 fully saturated rings. The monoisotopic (exact) mass is 331 g/mol. The topological polar surface area (TPSA) is 73.9 Å². The molecule has 0 bridgehead atoms. The molecule has 7 heteroatoms. The highest BCUT2D eigenvalue weighted by atomic mass is 35.5. The fourth-order valence-corrected chi connectivity index (χ4v) is 2.65. The fourth-order valence-electron chi connectivity index (χ4n) is 2.11. The van der Waals surface area contributed by atoms with Crippen LogP contribution in [0.2, 0.25) is 10.0 Å². The van der Waals surface area contributed by atoms with E-state index in [1.54, 1.807) is 4.90 Å². The van der Waals surface area contributed by atoms with Gasteiger partial charge in [-0.3, -0.25) is 9.69 Å². The van der Waals surface area contributed by atoms with Crippen LogP contribution in [0.1, 0.15) is 5.56 Å². The van der Waals surface area contributed by atoms with Crippen molar-refractivity contribution >= 4 is 34.2 Å². The van der Waals surface area contributed by atoms with Crippen molar-refractivity contribution in [3.63, 3.8) is 0 Å². The van der Waals surface area contributed by atoms with Crippen molar-refractivity contribution in [3.05, 3.63) is 44.2 Å². The van der Waals surface area contributed by atoms with Crippen LogP contribution in [0.4, 0.5) is 0 Å². The Hall–Kier alpha value is -1.11. The smallest absolute Gasteiger partial charge is 0.197 e. The standard InChI is InChI=1S/C14H15Cl2NO4/c15-10-5-11-13(20)9(7-17(1-3-18)2-4-19)8-21-14(11)12(16)6-10/h5-6,8,18-19H,1-4,7H2. The molecule has 0 amide bonds. The van der Waals surface area contributed by atoms with Crippen molar-refractivity contribution in [3.8, 4) is 0 Å². The number of hydrogen-bond donors (Lipinski definition) is 2. The molecule has 1 aromatic heterocycles. The molecule has 0 saturated heterocycles. The number of fused-ring (bicyclic) bond motifs is 1. The summed E-state index contributed by atoms with van der Waals surface area (Å²) in [6, 6.07) is 3.03. The average Bonchev–Trinajstić information content (AvgIpc) is 2.43. The van der Waals surface area contributed by atoms with Gasteiger partial charge in [-0.25, -0.2) is 0 Å². The fraction of sp³-hybridized carbons (Fsp3) is 0.357. The largest absolute Gasteiger partial charge is 0.462 e. The molecule has 2 N–H and O–H groups in total. The van der Waals surface area contributed by atoms with Gasteiger partial charge in [0.05, 0.1) is 29.9 Å². The van der Waals surface area contributed by atoms with Crippen LogP contribution in [0.3, 0.4) is 0 Å². The second kappa shape index (κ2) is 7.24. The lowest BCUT2D eigenvalue weighted by atomic mass is 10.1. The molecule has 0 atom stereocenters. The third kappa shape index (κ3) is 3.75. The van der Waals surface area contributed by atoms with Crippen LogP contribution < -0.4 is 5.43 Å². The van der Waals surface area contributed by atoms with Gasteiger partial charge in [0, 0.05) is 30.2 Å². The molecule has 0 aliphatic heterocycles. The van der Waals surface area contributed by atoms with E-state index in [9.17, 15) is 4.79 Å². The molecule has 0 spiro atoms. The van der Waals surface area contributed by atoms with Crippen LogP contribution in [0.25, 0.3) is 11.0 Å². The number of rotatable bonds is 6. The molecule has 2 rings (SSSR count). The van der Waals surface area contributed by atoms with Crippen LogP contribution in [0.15, 0.2) is 27.6 Å². The van der Waals surface area contributed by atoms with E-state index in [0.717, 1.165) is 0 Å². The maximum atomic E-state index is 12.4. The molecule has 5 nitrogen and oxygen atoms in total. The maximum Gasteiger partial charge on any atom is 0.197 e. The van der Waals surface area contributed by atoms with Gasteiger partial charge in [-0.2, -0.15) is 0 Å². The Labute approximate surface area is 131 Å². The molecule has 0 saturated carbocycles. The first-order valence-corrected chi connectivity index (χ1v) is 7.16. The summed E-state index contributed by atoms with van der Waals surface area (Å²) in [5.41, 5.74) is 0.495. The third-order valence-corrected chi connectivity index (χ3v) is 3.59. The van der Waals surface area contributed by atoms with Crippen LogP contribution >= 0.6 is 23.2 Å². The predicted molar refractivity (Wildman–Crippen MR) is 82.0 cm³/mol. The molecule has 0 aliphatic carbocycles. The van der Waals surface area contributed by atoms with E-state index in [2.05, 4.69) is 0 Å². The number of aliphatic hydroxyl groups excluding tert-OH is 2. The zero-order valence-corrected chi connectivity index (χ0v) is 12.7. The van der Waals surface area contributed by atoms with E-state index in [1.165, 1.54) is 18.4 Å². The highest BCUT2D eigenvalue weighted by Gasteiger charge is 2.13. The minimum Gasteiger partial charge on any atom is -0.462 e. The SMILES string of the molecule is O=c1c(CN(CCO)CCO)coc2c(Cl)cc(Cl)cc12. The van der Waals surface area contributed by atoms with Gasteiger partial charge in [0.15, 0.2) is 11.0 Å². The number of hydrogen-bond acceptors (Lipinski definition) is 5. The molecule has 0 aliphatic rings. The molecule has 0 radical (unpaired) electrons. The summed E-state index contributed by atoms with van der Waals surface area (Å²) in [5.74, 6) is 0. The minimum absolute atomic E-state index is 0.0590. The third-order valence-electron chi connectivity index (χ3n) is 3.09. The van der Waals surface area contributed by atoms with E-state index < -0.39 is 0 Å². The van der Waals surface area contributed by atoms with E-state index in [0.29, 0.717) is 34.6 Å². The Morgan fingerprint density at radius 3 is 2.43 bits per heavy atom. The van der Waals surface area contributed by atoms with Crippen molar-refractivity contribution in [2.45, 2.75) is 6.54 Å². The summed E-state index contributed by atoms with van der Waals surface area (Å²) in [5, 5.41) is 19.0. The molecule has 2 aromatic rings.